The van der Waals surface area contributed by atoms with Crippen molar-refractivity contribution in [3.63, 3.8) is 0 Å². The third-order valence-corrected chi connectivity index (χ3v) is 7.96. The van der Waals surface area contributed by atoms with Crippen LogP contribution < -0.4 is 10.4 Å². The number of rotatable bonds is 4. The molecule has 2 aromatic carbocycles. The minimum Gasteiger partial charge on any atom is -0.497 e. The number of hydrogen-bond acceptors (Lipinski definition) is 5. The van der Waals surface area contributed by atoms with Crippen LogP contribution in [0.3, 0.4) is 0 Å². The first-order chi connectivity index (χ1) is 17.2. The number of hydrogen-bond donors (Lipinski definition) is 1. The smallest absolute Gasteiger partial charge is 0.328 e. The molecule has 1 atom stereocenters. The predicted molar refractivity (Wildman–Crippen MR) is 136 cm³/mol. The van der Waals surface area contributed by atoms with E-state index >= 15 is 0 Å². The molecule has 3 heterocycles. The van der Waals surface area contributed by atoms with Gasteiger partial charge in [0.1, 0.15) is 11.6 Å². The van der Waals surface area contributed by atoms with Gasteiger partial charge in [-0.15, -0.1) is 0 Å². The molecule has 0 saturated heterocycles. The van der Waals surface area contributed by atoms with Gasteiger partial charge in [-0.1, -0.05) is 17.7 Å². The Kier molecular flexibility index (Phi) is 6.95. The lowest BCUT2D eigenvalue weighted by Gasteiger charge is -2.29. The number of imidazole rings is 1. The maximum absolute atomic E-state index is 14.6. The van der Waals surface area contributed by atoms with Crippen LogP contribution in [-0.4, -0.2) is 56.3 Å². The fraction of sp³-hybridized carbons (Fsp3) is 0.360. The second-order valence-corrected chi connectivity index (χ2v) is 10.3. The zero-order chi connectivity index (χ0) is 25.6. The van der Waals surface area contributed by atoms with E-state index in [4.69, 9.17) is 16.3 Å². The summed E-state index contributed by atoms with van der Waals surface area (Å²) in [5.74, 6) is -0.137. The number of β-amino-alcohol motifs (C(OH)–C–C–N with tert-alkyl or cyclic N) is 1. The molecule has 5 rings (SSSR count). The molecular weight excluding hydrogens is 555 g/mol. The van der Waals surface area contributed by atoms with Crippen molar-refractivity contribution in [2.24, 2.45) is 0 Å². The number of benzene rings is 2. The SMILES string of the molecule is COc1ccc(CN2Cc3c4n(c(=O)n3C[C@@H](O)C2)CCN(C(=O)c2ccc(Br)c(Cl)c2)C4)c(F)c1. The first-order valence-electron chi connectivity index (χ1n) is 11.5. The lowest BCUT2D eigenvalue weighted by molar-refractivity contribution is 0.0707. The van der Waals surface area contributed by atoms with Crippen LogP contribution in [0.25, 0.3) is 0 Å². The van der Waals surface area contributed by atoms with Crippen LogP contribution in [0.1, 0.15) is 27.3 Å². The summed E-state index contributed by atoms with van der Waals surface area (Å²) >= 11 is 9.53. The largest absolute Gasteiger partial charge is 0.497 e. The number of halogens is 3. The van der Waals surface area contributed by atoms with Crippen molar-refractivity contribution < 1.29 is 19.0 Å². The Bertz CT molecular complexity index is 1390. The number of amides is 1. The Labute approximate surface area is 220 Å². The van der Waals surface area contributed by atoms with Crippen molar-refractivity contribution in [2.75, 3.05) is 20.2 Å². The van der Waals surface area contributed by atoms with Gasteiger partial charge in [0.05, 0.1) is 42.7 Å². The van der Waals surface area contributed by atoms with Crippen molar-refractivity contribution in [2.45, 2.75) is 38.8 Å². The summed E-state index contributed by atoms with van der Waals surface area (Å²) in [5, 5.41) is 11.1. The van der Waals surface area contributed by atoms with Gasteiger partial charge < -0.3 is 14.7 Å². The molecule has 0 bridgehead atoms. The summed E-state index contributed by atoms with van der Waals surface area (Å²) in [6.45, 7) is 2.01. The van der Waals surface area contributed by atoms with Crippen LogP contribution in [0.4, 0.5) is 4.39 Å². The van der Waals surface area contributed by atoms with E-state index in [1.54, 1.807) is 44.4 Å². The number of aromatic nitrogens is 2. The fourth-order valence-electron chi connectivity index (χ4n) is 4.91. The zero-order valence-corrected chi connectivity index (χ0v) is 21.9. The number of methoxy groups -OCH3 is 1. The maximum atomic E-state index is 14.6. The third kappa shape index (κ3) is 4.70. The highest BCUT2D eigenvalue weighted by Crippen LogP contribution is 2.27. The quantitative estimate of drug-likeness (QED) is 0.514. The van der Waals surface area contributed by atoms with Crippen LogP contribution in [0.5, 0.6) is 5.75 Å². The van der Waals surface area contributed by atoms with E-state index in [0.29, 0.717) is 46.0 Å². The predicted octanol–water partition coefficient (Wildman–Crippen LogP) is 3.25. The standard InChI is InChI=1S/C25H25BrClFN4O4/c1-36-18-4-2-16(21(28)9-18)10-29-11-17(33)12-32-22(13-29)23-14-30(6-7-31(23)25(32)35)24(34)15-3-5-19(26)20(27)8-15/h2-5,8-9,17,33H,6-7,10-14H2,1H3/t17-/m0/s1. The third-order valence-electron chi connectivity index (χ3n) is 6.72. The van der Waals surface area contributed by atoms with E-state index in [2.05, 4.69) is 15.9 Å². The molecule has 0 aliphatic carbocycles. The van der Waals surface area contributed by atoms with E-state index in [1.165, 1.54) is 13.2 Å². The Morgan fingerprint density at radius 1 is 1.14 bits per heavy atom. The fourth-order valence-corrected chi connectivity index (χ4v) is 5.34. The lowest BCUT2D eigenvalue weighted by atomic mass is 10.1. The number of aliphatic hydroxyl groups is 1. The highest BCUT2D eigenvalue weighted by atomic mass is 79.9. The number of aliphatic hydroxyl groups excluding tert-OH is 1. The number of nitrogens with zero attached hydrogens (tertiary/aromatic N) is 4. The summed E-state index contributed by atoms with van der Waals surface area (Å²) < 4.78 is 23.7. The Morgan fingerprint density at radius 3 is 2.64 bits per heavy atom. The van der Waals surface area contributed by atoms with Crippen LogP contribution in [-0.2, 0) is 32.7 Å². The van der Waals surface area contributed by atoms with Gasteiger partial charge in [0, 0.05) is 54.4 Å². The summed E-state index contributed by atoms with van der Waals surface area (Å²) in [4.78, 5) is 30.0. The van der Waals surface area contributed by atoms with Gasteiger partial charge in [-0.2, -0.15) is 0 Å². The first-order valence-corrected chi connectivity index (χ1v) is 12.7. The second-order valence-electron chi connectivity index (χ2n) is 9.07. The molecule has 0 saturated carbocycles. The average molecular weight is 580 g/mol. The van der Waals surface area contributed by atoms with Gasteiger partial charge in [0.2, 0.25) is 0 Å². The van der Waals surface area contributed by atoms with Gasteiger partial charge in [0.25, 0.3) is 5.91 Å². The van der Waals surface area contributed by atoms with E-state index in [0.717, 1.165) is 11.4 Å². The molecule has 1 amide bonds. The molecular formula is C25H25BrClFN4O4. The summed E-state index contributed by atoms with van der Waals surface area (Å²) in [7, 11) is 1.48. The Hall–Kier alpha value is -2.66. The molecule has 0 radical (unpaired) electrons. The molecule has 2 aliphatic rings. The van der Waals surface area contributed by atoms with Crippen LogP contribution in [0.15, 0.2) is 45.7 Å². The minimum atomic E-state index is -0.794. The zero-order valence-electron chi connectivity index (χ0n) is 19.6. The van der Waals surface area contributed by atoms with Crippen LogP contribution in [0.2, 0.25) is 5.02 Å². The van der Waals surface area contributed by atoms with Gasteiger partial charge in [-0.25, -0.2) is 9.18 Å². The normalized spacial score (nSPS) is 17.9. The summed E-state index contributed by atoms with van der Waals surface area (Å²) in [6, 6.07) is 9.76. The molecule has 8 nitrogen and oxygen atoms in total. The monoisotopic (exact) mass is 578 g/mol. The Morgan fingerprint density at radius 2 is 1.92 bits per heavy atom. The van der Waals surface area contributed by atoms with E-state index in [9.17, 15) is 19.1 Å². The van der Waals surface area contributed by atoms with Crippen molar-refractivity contribution in [1.82, 2.24) is 18.9 Å². The Balaban J connectivity index is 1.43. The van der Waals surface area contributed by atoms with Gasteiger partial charge >= 0.3 is 5.69 Å². The highest BCUT2D eigenvalue weighted by molar-refractivity contribution is 9.10. The summed E-state index contributed by atoms with van der Waals surface area (Å²) in [5.41, 5.74) is 2.20. The topological polar surface area (TPSA) is 79.9 Å². The van der Waals surface area contributed by atoms with Gasteiger partial charge in [-0.3, -0.25) is 18.8 Å². The minimum absolute atomic E-state index is 0.145. The number of ether oxygens (including phenoxy) is 1. The molecule has 1 N–H and O–H groups in total. The molecule has 0 spiro atoms. The van der Waals surface area contributed by atoms with Crippen molar-refractivity contribution in [1.29, 1.82) is 0 Å². The molecule has 11 heteroatoms. The molecule has 0 unspecified atom stereocenters. The highest BCUT2D eigenvalue weighted by Gasteiger charge is 2.32. The van der Waals surface area contributed by atoms with E-state index < -0.39 is 11.9 Å². The van der Waals surface area contributed by atoms with E-state index in [1.807, 2.05) is 4.90 Å². The number of carbonyl (C=O) groups is 1. The second kappa shape index (κ2) is 10.0. The van der Waals surface area contributed by atoms with Gasteiger partial charge in [0.15, 0.2) is 0 Å². The maximum Gasteiger partial charge on any atom is 0.328 e. The van der Waals surface area contributed by atoms with Crippen molar-refractivity contribution >= 4 is 33.4 Å². The summed E-state index contributed by atoms with van der Waals surface area (Å²) in [6.07, 6.45) is -0.794. The van der Waals surface area contributed by atoms with Crippen molar-refractivity contribution in [3.8, 4) is 5.75 Å². The number of carbonyl (C=O) groups excluding carboxylic acids is 1. The molecule has 3 aromatic rings. The van der Waals surface area contributed by atoms with E-state index in [-0.39, 0.29) is 37.8 Å². The van der Waals surface area contributed by atoms with Crippen LogP contribution in [0, 0.1) is 5.82 Å². The number of fused-ring (bicyclic) bond motifs is 3. The molecule has 0 fully saturated rings. The molecule has 2 aliphatic heterocycles. The molecule has 190 valence electrons. The first kappa shape index (κ1) is 25.0. The van der Waals surface area contributed by atoms with Crippen LogP contribution >= 0.6 is 27.5 Å². The molecule has 1 aromatic heterocycles. The lowest BCUT2D eigenvalue weighted by Crippen LogP contribution is -2.41. The van der Waals surface area contributed by atoms with Gasteiger partial charge in [-0.05, 0) is 40.2 Å². The average Bonchev–Trinajstić information content (AvgIpc) is 3.00. The molecule has 36 heavy (non-hydrogen) atoms. The van der Waals surface area contributed by atoms with Crippen molar-refractivity contribution in [3.05, 3.63) is 84.7 Å².